The average molecular weight is 308 g/mol. The van der Waals surface area contributed by atoms with Crippen LogP contribution in [0.15, 0.2) is 17.1 Å². The summed E-state index contributed by atoms with van der Waals surface area (Å²) in [6.45, 7) is 4.93. The van der Waals surface area contributed by atoms with E-state index in [1.165, 1.54) is 17.5 Å². The summed E-state index contributed by atoms with van der Waals surface area (Å²) in [6.07, 6.45) is 6.67. The number of nitrogens with two attached hydrogens (primary N) is 1. The summed E-state index contributed by atoms with van der Waals surface area (Å²) < 4.78 is 1.52. The first kappa shape index (κ1) is 15.9. The first-order valence-corrected chi connectivity index (χ1v) is 8.07. The fourth-order valence-corrected chi connectivity index (χ4v) is 2.74. The van der Waals surface area contributed by atoms with Crippen molar-refractivity contribution in [2.24, 2.45) is 11.7 Å². The third-order valence-corrected chi connectivity index (χ3v) is 4.25. The Morgan fingerprint density at radius 2 is 2.14 bits per heavy atom. The van der Waals surface area contributed by atoms with Crippen LogP contribution in [0.3, 0.4) is 0 Å². The molecule has 1 aromatic rings. The molecular formula is C15H24N4OS. The fraction of sp³-hybridized carbons (Fsp3) is 0.667. The molecule has 21 heavy (non-hydrogen) atoms. The summed E-state index contributed by atoms with van der Waals surface area (Å²) >= 11 is 4.84. The molecule has 2 rings (SSSR count). The molecule has 1 saturated heterocycles. The fourth-order valence-electron chi connectivity index (χ4n) is 2.59. The van der Waals surface area contributed by atoms with Gasteiger partial charge >= 0.3 is 0 Å². The number of unbranched alkanes of at least 4 members (excludes halogenated alkanes) is 1. The maximum Gasteiger partial charge on any atom is 0.268 e. The molecule has 0 spiro atoms. The molecule has 1 fully saturated rings. The van der Waals surface area contributed by atoms with Crippen molar-refractivity contribution >= 4 is 22.9 Å². The third kappa shape index (κ3) is 4.81. The number of hydrogen-bond donors (Lipinski definition) is 1. The Morgan fingerprint density at radius 1 is 1.43 bits per heavy atom. The van der Waals surface area contributed by atoms with Crippen molar-refractivity contribution in [2.45, 2.75) is 45.6 Å². The second-order valence-corrected chi connectivity index (χ2v) is 6.39. The smallest absolute Gasteiger partial charge is 0.268 e. The number of aryl methyl sites for hydroxylation is 1. The highest BCUT2D eigenvalue weighted by Crippen LogP contribution is 2.20. The van der Waals surface area contributed by atoms with E-state index < -0.39 is 0 Å². The molecule has 1 aliphatic rings. The maximum absolute atomic E-state index is 12.1. The van der Waals surface area contributed by atoms with Gasteiger partial charge in [0.25, 0.3) is 5.56 Å². The molecule has 0 unspecified atom stereocenters. The summed E-state index contributed by atoms with van der Waals surface area (Å²) in [5.74, 6) is 0.781. The van der Waals surface area contributed by atoms with Crippen LogP contribution in [-0.2, 0) is 6.54 Å². The van der Waals surface area contributed by atoms with E-state index in [1.54, 1.807) is 6.07 Å². The van der Waals surface area contributed by atoms with Gasteiger partial charge in [0.1, 0.15) is 0 Å². The van der Waals surface area contributed by atoms with E-state index in [4.69, 9.17) is 18.0 Å². The third-order valence-electron chi connectivity index (χ3n) is 4.05. The normalized spacial score (nSPS) is 16.1. The van der Waals surface area contributed by atoms with Crippen molar-refractivity contribution in [3.63, 3.8) is 0 Å². The second kappa shape index (κ2) is 7.54. The predicted octanol–water partition coefficient (Wildman–Crippen LogP) is 1.94. The first-order chi connectivity index (χ1) is 10.1. The van der Waals surface area contributed by atoms with Crippen LogP contribution in [0.5, 0.6) is 0 Å². The summed E-state index contributed by atoms with van der Waals surface area (Å²) in [7, 11) is 0. The Kier molecular flexibility index (Phi) is 5.73. The number of piperidine rings is 1. The van der Waals surface area contributed by atoms with Crippen LogP contribution in [0.1, 0.15) is 39.0 Å². The molecule has 116 valence electrons. The van der Waals surface area contributed by atoms with Crippen molar-refractivity contribution in [1.82, 2.24) is 9.78 Å². The van der Waals surface area contributed by atoms with Gasteiger partial charge in [-0.15, -0.1) is 0 Å². The summed E-state index contributed by atoms with van der Waals surface area (Å²) in [5.41, 5.74) is 6.38. The van der Waals surface area contributed by atoms with Gasteiger partial charge in [0.2, 0.25) is 0 Å². The number of hydrogen-bond acceptors (Lipinski definition) is 4. The lowest BCUT2D eigenvalue weighted by molar-refractivity contribution is 0.437. The molecule has 0 bridgehead atoms. The zero-order valence-corrected chi connectivity index (χ0v) is 13.4. The van der Waals surface area contributed by atoms with Gasteiger partial charge in [0.05, 0.1) is 16.9 Å². The van der Waals surface area contributed by atoms with Gasteiger partial charge in [-0.05, 0) is 38.0 Å². The van der Waals surface area contributed by atoms with Gasteiger partial charge in [0.15, 0.2) is 0 Å². The molecule has 0 amide bonds. The minimum absolute atomic E-state index is 0.0264. The van der Waals surface area contributed by atoms with Crippen molar-refractivity contribution < 1.29 is 0 Å². The van der Waals surface area contributed by atoms with Crippen molar-refractivity contribution in [1.29, 1.82) is 0 Å². The van der Waals surface area contributed by atoms with Gasteiger partial charge in [-0.2, -0.15) is 5.10 Å². The molecule has 6 heteroatoms. The molecule has 0 atom stereocenters. The Morgan fingerprint density at radius 3 is 2.76 bits per heavy atom. The van der Waals surface area contributed by atoms with Gasteiger partial charge in [-0.1, -0.05) is 19.1 Å². The van der Waals surface area contributed by atoms with E-state index in [0.717, 1.165) is 44.0 Å². The van der Waals surface area contributed by atoms with E-state index in [1.807, 2.05) is 6.20 Å². The lowest BCUT2D eigenvalue weighted by Gasteiger charge is -2.31. The minimum atomic E-state index is -0.0264. The molecule has 5 nitrogen and oxygen atoms in total. The minimum Gasteiger partial charge on any atom is -0.393 e. The summed E-state index contributed by atoms with van der Waals surface area (Å²) in [5, 5.41) is 4.29. The standard InChI is InChI=1S/C15H24N4OS/c1-12-5-8-18(9-6-12)13-10-15(20)19(17-11-13)7-3-2-4-14(16)21/h10-12H,2-9H2,1H3,(H2,16,21). The molecule has 1 aromatic heterocycles. The quantitative estimate of drug-likeness (QED) is 0.643. The molecule has 0 saturated carbocycles. The highest BCUT2D eigenvalue weighted by molar-refractivity contribution is 7.80. The predicted molar refractivity (Wildman–Crippen MR) is 89.7 cm³/mol. The van der Waals surface area contributed by atoms with Crippen molar-refractivity contribution in [3.8, 4) is 0 Å². The zero-order valence-electron chi connectivity index (χ0n) is 12.6. The maximum atomic E-state index is 12.1. The number of anilines is 1. The van der Waals surface area contributed by atoms with E-state index >= 15 is 0 Å². The van der Waals surface area contributed by atoms with Crippen LogP contribution in [-0.4, -0.2) is 27.9 Å². The van der Waals surface area contributed by atoms with Crippen molar-refractivity contribution in [3.05, 3.63) is 22.6 Å². The molecule has 0 aromatic carbocycles. The average Bonchev–Trinajstić information content (AvgIpc) is 2.45. The monoisotopic (exact) mass is 308 g/mol. The van der Waals surface area contributed by atoms with E-state index in [0.29, 0.717) is 11.5 Å². The summed E-state index contributed by atoms with van der Waals surface area (Å²) in [6, 6.07) is 1.70. The molecule has 0 aliphatic carbocycles. The van der Waals surface area contributed by atoms with E-state index in [2.05, 4.69) is 16.9 Å². The Bertz CT molecular complexity index is 535. The van der Waals surface area contributed by atoms with Crippen LogP contribution >= 0.6 is 12.2 Å². The second-order valence-electron chi connectivity index (χ2n) is 5.87. The van der Waals surface area contributed by atoms with Gasteiger partial charge in [0, 0.05) is 25.7 Å². The lowest BCUT2D eigenvalue weighted by Crippen LogP contribution is -2.34. The Hall–Kier alpha value is -1.43. The Balaban J connectivity index is 1.91. The molecular weight excluding hydrogens is 284 g/mol. The lowest BCUT2D eigenvalue weighted by atomic mass is 9.99. The van der Waals surface area contributed by atoms with Crippen LogP contribution < -0.4 is 16.2 Å². The number of thiocarbonyl (C=S) groups is 1. The largest absolute Gasteiger partial charge is 0.393 e. The molecule has 0 radical (unpaired) electrons. The van der Waals surface area contributed by atoms with Crippen LogP contribution in [0.2, 0.25) is 0 Å². The van der Waals surface area contributed by atoms with Gasteiger partial charge in [-0.25, -0.2) is 4.68 Å². The van der Waals surface area contributed by atoms with E-state index in [9.17, 15) is 4.79 Å². The topological polar surface area (TPSA) is 64.2 Å². The van der Waals surface area contributed by atoms with Gasteiger partial charge in [-0.3, -0.25) is 4.79 Å². The zero-order chi connectivity index (χ0) is 15.2. The first-order valence-electron chi connectivity index (χ1n) is 7.66. The summed E-state index contributed by atoms with van der Waals surface area (Å²) in [4.78, 5) is 14.9. The molecule has 1 aliphatic heterocycles. The molecule has 2 heterocycles. The Labute approximate surface area is 131 Å². The molecule has 2 N–H and O–H groups in total. The van der Waals surface area contributed by atoms with Crippen LogP contribution in [0.4, 0.5) is 5.69 Å². The van der Waals surface area contributed by atoms with Crippen molar-refractivity contribution in [2.75, 3.05) is 18.0 Å². The van der Waals surface area contributed by atoms with Crippen LogP contribution in [0, 0.1) is 5.92 Å². The highest BCUT2D eigenvalue weighted by atomic mass is 32.1. The highest BCUT2D eigenvalue weighted by Gasteiger charge is 2.16. The SMILES string of the molecule is CC1CCN(c2cnn(CCCCC(N)=S)c(=O)c2)CC1. The van der Waals surface area contributed by atoms with E-state index in [-0.39, 0.29) is 5.56 Å². The number of aromatic nitrogens is 2. The van der Waals surface area contributed by atoms with Crippen LogP contribution in [0.25, 0.3) is 0 Å². The number of rotatable bonds is 6. The number of nitrogens with zero attached hydrogens (tertiary/aromatic N) is 3. The van der Waals surface area contributed by atoms with Gasteiger partial charge < -0.3 is 10.6 Å².